The molecule has 128 valence electrons. The SMILES string of the molecule is CC(C)C(=O)N1CCC(NC(=O)Cc2noc3ccccc23)CC1. The summed E-state index contributed by atoms with van der Waals surface area (Å²) in [5, 5.41) is 7.93. The van der Waals surface area contributed by atoms with Crippen LogP contribution in [0.2, 0.25) is 0 Å². The average Bonchev–Trinajstić information content (AvgIpc) is 2.98. The minimum Gasteiger partial charge on any atom is -0.356 e. The molecular weight excluding hydrogens is 306 g/mol. The lowest BCUT2D eigenvalue weighted by atomic mass is 10.0. The Labute approximate surface area is 141 Å². The first kappa shape index (κ1) is 16.5. The zero-order valence-electron chi connectivity index (χ0n) is 14.1. The van der Waals surface area contributed by atoms with Crippen molar-refractivity contribution < 1.29 is 14.1 Å². The predicted molar refractivity (Wildman–Crippen MR) is 90.3 cm³/mol. The fourth-order valence-corrected chi connectivity index (χ4v) is 3.11. The van der Waals surface area contributed by atoms with Crippen LogP contribution in [0.25, 0.3) is 11.0 Å². The van der Waals surface area contributed by atoms with Crippen LogP contribution in [0.1, 0.15) is 32.4 Å². The quantitative estimate of drug-likeness (QED) is 0.932. The zero-order valence-corrected chi connectivity index (χ0v) is 14.1. The fraction of sp³-hybridized carbons (Fsp3) is 0.500. The van der Waals surface area contributed by atoms with Crippen molar-refractivity contribution in [3.05, 3.63) is 30.0 Å². The summed E-state index contributed by atoms with van der Waals surface area (Å²) < 4.78 is 5.23. The lowest BCUT2D eigenvalue weighted by molar-refractivity contribution is -0.135. The highest BCUT2D eigenvalue weighted by Gasteiger charge is 2.25. The number of para-hydroxylation sites is 1. The molecule has 2 amide bonds. The van der Waals surface area contributed by atoms with E-state index in [2.05, 4.69) is 10.5 Å². The molecule has 0 spiro atoms. The van der Waals surface area contributed by atoms with Gasteiger partial charge in [0.1, 0.15) is 5.69 Å². The minimum atomic E-state index is -0.0531. The third kappa shape index (κ3) is 3.58. The first-order valence-corrected chi connectivity index (χ1v) is 8.46. The van der Waals surface area contributed by atoms with Gasteiger partial charge in [-0.05, 0) is 25.0 Å². The highest BCUT2D eigenvalue weighted by molar-refractivity contribution is 5.86. The van der Waals surface area contributed by atoms with Crippen molar-refractivity contribution >= 4 is 22.8 Å². The van der Waals surface area contributed by atoms with Crippen LogP contribution in [0.4, 0.5) is 0 Å². The molecule has 2 aromatic rings. The number of benzene rings is 1. The number of hydrogen-bond acceptors (Lipinski definition) is 4. The molecule has 1 aliphatic rings. The van der Waals surface area contributed by atoms with Crippen LogP contribution in [0.3, 0.4) is 0 Å². The molecule has 0 aliphatic carbocycles. The molecule has 0 radical (unpaired) electrons. The highest BCUT2D eigenvalue weighted by atomic mass is 16.5. The number of hydrogen-bond donors (Lipinski definition) is 1. The molecule has 2 heterocycles. The summed E-state index contributed by atoms with van der Waals surface area (Å²) in [4.78, 5) is 26.1. The van der Waals surface area contributed by atoms with E-state index in [1.807, 2.05) is 43.0 Å². The highest BCUT2D eigenvalue weighted by Crippen LogP contribution is 2.18. The van der Waals surface area contributed by atoms with Gasteiger partial charge in [0.2, 0.25) is 11.8 Å². The number of rotatable bonds is 4. The Balaban J connectivity index is 1.52. The Kier molecular flexibility index (Phi) is 4.83. The van der Waals surface area contributed by atoms with Gasteiger partial charge in [0.15, 0.2) is 5.58 Å². The van der Waals surface area contributed by atoms with Crippen LogP contribution in [0.5, 0.6) is 0 Å². The number of carbonyl (C=O) groups excluding carboxylic acids is 2. The van der Waals surface area contributed by atoms with E-state index >= 15 is 0 Å². The van der Waals surface area contributed by atoms with Gasteiger partial charge in [-0.15, -0.1) is 0 Å². The number of aromatic nitrogens is 1. The average molecular weight is 329 g/mol. The lowest BCUT2D eigenvalue weighted by Crippen LogP contribution is -2.47. The number of piperidine rings is 1. The maximum absolute atomic E-state index is 12.3. The predicted octanol–water partition coefficient (Wildman–Crippen LogP) is 2.13. The molecule has 1 aromatic heterocycles. The number of nitrogens with one attached hydrogen (secondary N) is 1. The summed E-state index contributed by atoms with van der Waals surface area (Å²) in [6, 6.07) is 7.65. The second-order valence-corrected chi connectivity index (χ2v) is 6.62. The largest absolute Gasteiger partial charge is 0.356 e. The van der Waals surface area contributed by atoms with Gasteiger partial charge in [0, 0.05) is 30.4 Å². The van der Waals surface area contributed by atoms with E-state index in [1.165, 1.54) is 0 Å². The fourth-order valence-electron chi connectivity index (χ4n) is 3.11. The molecule has 6 heteroatoms. The Hall–Kier alpha value is -2.37. The summed E-state index contributed by atoms with van der Waals surface area (Å²) in [7, 11) is 0. The van der Waals surface area contributed by atoms with E-state index in [0.29, 0.717) is 24.4 Å². The standard InChI is InChI=1S/C18H23N3O3/c1-12(2)18(23)21-9-7-13(8-10-21)19-17(22)11-15-14-5-3-4-6-16(14)24-20-15/h3-6,12-13H,7-11H2,1-2H3,(H,19,22). The summed E-state index contributed by atoms with van der Waals surface area (Å²) >= 11 is 0. The molecule has 1 saturated heterocycles. The van der Waals surface area contributed by atoms with Crippen molar-refractivity contribution in [2.75, 3.05) is 13.1 Å². The number of likely N-dealkylation sites (tertiary alicyclic amines) is 1. The summed E-state index contributed by atoms with van der Waals surface area (Å²) in [5.74, 6) is 0.160. The van der Waals surface area contributed by atoms with E-state index in [-0.39, 0.29) is 30.2 Å². The molecule has 0 saturated carbocycles. The van der Waals surface area contributed by atoms with Gasteiger partial charge < -0.3 is 14.7 Å². The van der Waals surface area contributed by atoms with Gasteiger partial charge in [-0.2, -0.15) is 0 Å². The molecule has 1 N–H and O–H groups in total. The van der Waals surface area contributed by atoms with E-state index < -0.39 is 0 Å². The minimum absolute atomic E-state index is 0.0246. The number of carbonyl (C=O) groups is 2. The third-order valence-corrected chi connectivity index (χ3v) is 4.45. The van der Waals surface area contributed by atoms with Crippen LogP contribution in [-0.2, 0) is 16.0 Å². The van der Waals surface area contributed by atoms with Gasteiger partial charge in [-0.3, -0.25) is 9.59 Å². The zero-order chi connectivity index (χ0) is 17.1. The number of nitrogens with zero attached hydrogens (tertiary/aromatic N) is 2. The number of amides is 2. The molecule has 1 aliphatic heterocycles. The van der Waals surface area contributed by atoms with Crippen molar-refractivity contribution in [1.29, 1.82) is 0 Å². The molecule has 3 rings (SSSR count). The second kappa shape index (κ2) is 7.03. The van der Waals surface area contributed by atoms with E-state index in [9.17, 15) is 9.59 Å². The summed E-state index contributed by atoms with van der Waals surface area (Å²) in [6.45, 7) is 5.24. The van der Waals surface area contributed by atoms with Gasteiger partial charge in [0.05, 0.1) is 6.42 Å². The first-order chi connectivity index (χ1) is 11.5. The molecule has 0 atom stereocenters. The maximum Gasteiger partial charge on any atom is 0.226 e. The summed E-state index contributed by atoms with van der Waals surface area (Å²) in [5.41, 5.74) is 1.36. The van der Waals surface area contributed by atoms with Crippen molar-refractivity contribution in [3.8, 4) is 0 Å². The van der Waals surface area contributed by atoms with Crippen molar-refractivity contribution in [2.45, 2.75) is 39.2 Å². The Morgan fingerprint density at radius 1 is 1.29 bits per heavy atom. The van der Waals surface area contributed by atoms with E-state index in [1.54, 1.807) is 0 Å². The van der Waals surface area contributed by atoms with Crippen molar-refractivity contribution in [1.82, 2.24) is 15.4 Å². The van der Waals surface area contributed by atoms with Crippen LogP contribution < -0.4 is 5.32 Å². The Bertz CT molecular complexity index is 730. The van der Waals surface area contributed by atoms with E-state index in [4.69, 9.17) is 4.52 Å². The number of fused-ring (bicyclic) bond motifs is 1. The van der Waals surface area contributed by atoms with Crippen LogP contribution in [-0.4, -0.2) is 41.0 Å². The first-order valence-electron chi connectivity index (χ1n) is 8.46. The smallest absolute Gasteiger partial charge is 0.226 e. The van der Waals surface area contributed by atoms with Crippen molar-refractivity contribution in [3.63, 3.8) is 0 Å². The van der Waals surface area contributed by atoms with Gasteiger partial charge in [0.25, 0.3) is 0 Å². The normalized spacial score (nSPS) is 15.9. The van der Waals surface area contributed by atoms with Gasteiger partial charge >= 0.3 is 0 Å². The lowest BCUT2D eigenvalue weighted by Gasteiger charge is -2.33. The Morgan fingerprint density at radius 3 is 2.71 bits per heavy atom. The molecule has 0 bridgehead atoms. The Morgan fingerprint density at radius 2 is 2.00 bits per heavy atom. The monoisotopic (exact) mass is 329 g/mol. The van der Waals surface area contributed by atoms with Crippen LogP contribution >= 0.6 is 0 Å². The molecule has 0 unspecified atom stereocenters. The summed E-state index contributed by atoms with van der Waals surface area (Å²) in [6.07, 6.45) is 1.80. The topological polar surface area (TPSA) is 75.4 Å². The molecule has 6 nitrogen and oxygen atoms in total. The van der Waals surface area contributed by atoms with Crippen LogP contribution in [0, 0.1) is 5.92 Å². The third-order valence-electron chi connectivity index (χ3n) is 4.45. The molecule has 24 heavy (non-hydrogen) atoms. The van der Waals surface area contributed by atoms with Crippen molar-refractivity contribution in [2.24, 2.45) is 5.92 Å². The maximum atomic E-state index is 12.3. The van der Waals surface area contributed by atoms with Gasteiger partial charge in [-0.1, -0.05) is 31.1 Å². The molecular formula is C18H23N3O3. The molecule has 1 fully saturated rings. The van der Waals surface area contributed by atoms with Gasteiger partial charge in [-0.25, -0.2) is 0 Å². The second-order valence-electron chi connectivity index (χ2n) is 6.62. The molecule has 1 aromatic carbocycles. The van der Waals surface area contributed by atoms with Crippen LogP contribution in [0.15, 0.2) is 28.8 Å². The van der Waals surface area contributed by atoms with E-state index in [0.717, 1.165) is 18.2 Å².